The summed E-state index contributed by atoms with van der Waals surface area (Å²) in [7, 11) is 0. The zero-order chi connectivity index (χ0) is 12.6. The molecule has 0 aromatic carbocycles. The quantitative estimate of drug-likeness (QED) is 0.567. The first-order valence-corrected chi connectivity index (χ1v) is 4.94. The van der Waals surface area contributed by atoms with E-state index in [0.29, 0.717) is 0 Å². The molecule has 1 saturated heterocycles. The molecule has 1 aromatic heterocycles. The summed E-state index contributed by atoms with van der Waals surface area (Å²) in [5, 5.41) is 18.2. The Kier molecular flexibility index (Phi) is 3.09. The summed E-state index contributed by atoms with van der Waals surface area (Å²) in [6, 6.07) is 1.04. The van der Waals surface area contributed by atoms with E-state index in [1.807, 2.05) is 4.98 Å². The number of halogens is 1. The van der Waals surface area contributed by atoms with E-state index in [-0.39, 0.29) is 0 Å². The van der Waals surface area contributed by atoms with Gasteiger partial charge in [-0.3, -0.25) is 14.3 Å². The van der Waals surface area contributed by atoms with Crippen molar-refractivity contribution in [1.29, 1.82) is 0 Å². The maximum atomic E-state index is 13.6. The van der Waals surface area contributed by atoms with Crippen LogP contribution in [-0.2, 0) is 4.74 Å². The molecule has 0 bridgehead atoms. The van der Waals surface area contributed by atoms with Gasteiger partial charge in [0.05, 0.1) is 6.61 Å². The largest absolute Gasteiger partial charge is 0.394 e. The summed E-state index contributed by atoms with van der Waals surface area (Å²) in [5.41, 5.74) is -1.45. The van der Waals surface area contributed by atoms with Crippen molar-refractivity contribution in [1.82, 2.24) is 9.55 Å². The third-order valence-electron chi connectivity index (χ3n) is 2.60. The second-order valence-electron chi connectivity index (χ2n) is 3.70. The van der Waals surface area contributed by atoms with Crippen LogP contribution in [0.15, 0.2) is 21.9 Å². The number of nitrogens with one attached hydrogen (secondary N) is 1. The lowest BCUT2D eigenvalue weighted by Gasteiger charge is -2.15. The average molecular weight is 246 g/mol. The van der Waals surface area contributed by atoms with E-state index in [9.17, 15) is 19.1 Å². The third-order valence-corrected chi connectivity index (χ3v) is 2.60. The minimum Gasteiger partial charge on any atom is -0.394 e. The predicted molar refractivity (Wildman–Crippen MR) is 53.2 cm³/mol. The molecule has 7 nitrogen and oxygen atoms in total. The van der Waals surface area contributed by atoms with Crippen molar-refractivity contribution < 1.29 is 19.3 Å². The van der Waals surface area contributed by atoms with Gasteiger partial charge in [-0.05, 0) is 0 Å². The standard InChI is InChI=1S/C9H11FN2O5/c10-6-7(15)4(3-13)17-8(6)12-2-1-5(14)11-9(12)16/h1-2,4,6-8,13,15H,3H2,(H,11,14,16)/t4-,6?,7?,8-/m0/s1. The van der Waals surface area contributed by atoms with Crippen molar-refractivity contribution in [3.8, 4) is 0 Å². The Labute approximate surface area is 94.1 Å². The lowest BCUT2D eigenvalue weighted by atomic mass is 10.1. The molecule has 2 heterocycles. The number of aliphatic hydroxyl groups is 2. The number of nitrogens with zero attached hydrogens (tertiary/aromatic N) is 1. The van der Waals surface area contributed by atoms with Crippen molar-refractivity contribution in [2.24, 2.45) is 0 Å². The average Bonchev–Trinajstić information content (AvgIpc) is 2.57. The Morgan fingerprint density at radius 1 is 1.53 bits per heavy atom. The van der Waals surface area contributed by atoms with Gasteiger partial charge >= 0.3 is 5.69 Å². The molecular formula is C9H11FN2O5. The van der Waals surface area contributed by atoms with E-state index in [1.54, 1.807) is 0 Å². The normalized spacial score (nSPS) is 32.9. The van der Waals surface area contributed by atoms with Gasteiger partial charge in [0.25, 0.3) is 5.56 Å². The molecule has 0 spiro atoms. The maximum Gasteiger partial charge on any atom is 0.330 e. The molecular weight excluding hydrogens is 235 g/mol. The van der Waals surface area contributed by atoms with E-state index in [1.165, 1.54) is 0 Å². The first-order chi connectivity index (χ1) is 8.04. The van der Waals surface area contributed by atoms with Crippen LogP contribution in [-0.4, -0.2) is 44.8 Å². The number of ether oxygens (including phenoxy) is 1. The highest BCUT2D eigenvalue weighted by atomic mass is 19.1. The summed E-state index contributed by atoms with van der Waals surface area (Å²) >= 11 is 0. The van der Waals surface area contributed by atoms with E-state index in [0.717, 1.165) is 16.8 Å². The van der Waals surface area contributed by atoms with Crippen LogP contribution in [0.3, 0.4) is 0 Å². The second kappa shape index (κ2) is 4.40. The molecule has 0 saturated carbocycles. The van der Waals surface area contributed by atoms with Crippen LogP contribution in [0.25, 0.3) is 0 Å². The summed E-state index contributed by atoms with van der Waals surface area (Å²) in [4.78, 5) is 24.2. The van der Waals surface area contributed by atoms with Crippen molar-refractivity contribution in [2.75, 3.05) is 6.61 Å². The number of hydrogen-bond donors (Lipinski definition) is 3. The number of H-pyrrole nitrogens is 1. The number of alkyl halides is 1. The van der Waals surface area contributed by atoms with E-state index in [4.69, 9.17) is 9.84 Å². The van der Waals surface area contributed by atoms with Crippen LogP contribution in [0.5, 0.6) is 0 Å². The van der Waals surface area contributed by atoms with Gasteiger partial charge in [-0.25, -0.2) is 9.18 Å². The Bertz CT molecular complexity index is 513. The summed E-state index contributed by atoms with van der Waals surface area (Å²) in [6.07, 6.45) is -4.73. The van der Waals surface area contributed by atoms with Gasteiger partial charge in [0.1, 0.15) is 12.2 Å². The highest BCUT2D eigenvalue weighted by Crippen LogP contribution is 2.30. The van der Waals surface area contributed by atoms with Crippen LogP contribution in [0.2, 0.25) is 0 Å². The molecule has 2 rings (SSSR count). The Morgan fingerprint density at radius 3 is 2.76 bits per heavy atom. The zero-order valence-electron chi connectivity index (χ0n) is 8.62. The SMILES string of the molecule is O=c1ccn([C@H]2O[C@@H](CO)C(O)C2F)c(=O)[nH]1. The van der Waals surface area contributed by atoms with Gasteiger partial charge in [-0.1, -0.05) is 0 Å². The number of hydrogen-bond acceptors (Lipinski definition) is 5. The van der Waals surface area contributed by atoms with Gasteiger partial charge in [-0.2, -0.15) is 0 Å². The molecule has 1 aliphatic rings. The monoisotopic (exact) mass is 246 g/mol. The number of aliphatic hydroxyl groups excluding tert-OH is 2. The van der Waals surface area contributed by atoms with Crippen LogP contribution >= 0.6 is 0 Å². The molecule has 4 atom stereocenters. The number of aromatic nitrogens is 2. The maximum absolute atomic E-state index is 13.6. The van der Waals surface area contributed by atoms with Gasteiger partial charge < -0.3 is 14.9 Å². The molecule has 8 heteroatoms. The van der Waals surface area contributed by atoms with Gasteiger partial charge in [-0.15, -0.1) is 0 Å². The second-order valence-corrected chi connectivity index (χ2v) is 3.70. The van der Waals surface area contributed by atoms with Crippen molar-refractivity contribution in [2.45, 2.75) is 24.6 Å². The molecule has 1 aromatic rings. The van der Waals surface area contributed by atoms with Crippen molar-refractivity contribution in [3.05, 3.63) is 33.1 Å². The van der Waals surface area contributed by atoms with E-state index >= 15 is 0 Å². The Balaban J connectivity index is 2.35. The fraction of sp³-hybridized carbons (Fsp3) is 0.556. The van der Waals surface area contributed by atoms with E-state index in [2.05, 4.69) is 0 Å². The highest BCUT2D eigenvalue weighted by Gasteiger charge is 2.45. The van der Waals surface area contributed by atoms with Crippen LogP contribution < -0.4 is 11.2 Å². The molecule has 2 unspecified atom stereocenters. The molecule has 94 valence electrons. The Morgan fingerprint density at radius 2 is 2.24 bits per heavy atom. The lowest BCUT2D eigenvalue weighted by Crippen LogP contribution is -2.35. The lowest BCUT2D eigenvalue weighted by molar-refractivity contribution is -0.0491. The number of rotatable bonds is 2. The smallest absolute Gasteiger partial charge is 0.330 e. The molecule has 0 radical (unpaired) electrons. The van der Waals surface area contributed by atoms with Gasteiger partial charge in [0.2, 0.25) is 0 Å². The molecule has 1 fully saturated rings. The topological polar surface area (TPSA) is 105 Å². The number of aromatic amines is 1. The molecule has 3 N–H and O–H groups in total. The Hall–Kier alpha value is -1.51. The molecule has 1 aliphatic heterocycles. The minimum absolute atomic E-state index is 0.559. The predicted octanol–water partition coefficient (Wildman–Crippen LogP) is -1.87. The third kappa shape index (κ3) is 2.02. The van der Waals surface area contributed by atoms with Gasteiger partial charge in [0, 0.05) is 12.3 Å². The summed E-state index contributed by atoms with van der Waals surface area (Å²) < 4.78 is 19.5. The fourth-order valence-corrected chi connectivity index (χ4v) is 1.71. The fourth-order valence-electron chi connectivity index (χ4n) is 1.71. The summed E-state index contributed by atoms with van der Waals surface area (Å²) in [6.45, 7) is -0.559. The van der Waals surface area contributed by atoms with Crippen molar-refractivity contribution >= 4 is 0 Å². The summed E-state index contributed by atoms with van der Waals surface area (Å²) in [5.74, 6) is 0. The van der Waals surface area contributed by atoms with Crippen LogP contribution in [0.4, 0.5) is 4.39 Å². The van der Waals surface area contributed by atoms with Crippen molar-refractivity contribution in [3.63, 3.8) is 0 Å². The molecule has 0 amide bonds. The molecule has 0 aliphatic carbocycles. The zero-order valence-corrected chi connectivity index (χ0v) is 8.62. The van der Waals surface area contributed by atoms with Crippen LogP contribution in [0, 0.1) is 0 Å². The first kappa shape index (κ1) is 12.0. The van der Waals surface area contributed by atoms with E-state index < -0.39 is 42.5 Å². The van der Waals surface area contributed by atoms with Crippen LogP contribution in [0.1, 0.15) is 6.23 Å². The highest BCUT2D eigenvalue weighted by molar-refractivity contribution is 4.93. The molecule has 17 heavy (non-hydrogen) atoms. The first-order valence-electron chi connectivity index (χ1n) is 4.94. The minimum atomic E-state index is -1.85. The van der Waals surface area contributed by atoms with Gasteiger partial charge in [0.15, 0.2) is 12.4 Å².